The van der Waals surface area contributed by atoms with Crippen LogP contribution in [0.15, 0.2) is 41.3 Å². The SMILES string of the molecule is CNCCN1C[C@H]2C[C@@H](C1)CN(C(=O)[C@H](C)N1CC[C@H](NS(=O)(=O)c3ccc4cc(Cl)ccc4c3)C1=O)C2. The molecule has 2 aromatic carbocycles. The number of benzene rings is 2. The number of nitrogens with zero attached hydrogens (tertiary/aromatic N) is 3. The zero-order valence-corrected chi connectivity index (χ0v) is 23.5. The molecule has 2 bridgehead atoms. The van der Waals surface area contributed by atoms with E-state index in [4.69, 9.17) is 11.6 Å². The number of carbonyl (C=O) groups is 2. The number of carbonyl (C=O) groups excluding carboxylic acids is 2. The van der Waals surface area contributed by atoms with E-state index in [9.17, 15) is 18.0 Å². The highest BCUT2D eigenvalue weighted by Crippen LogP contribution is 2.30. The van der Waals surface area contributed by atoms with Crippen molar-refractivity contribution in [2.45, 2.75) is 36.7 Å². The van der Waals surface area contributed by atoms with E-state index in [0.717, 1.165) is 43.4 Å². The quantitative estimate of drug-likeness (QED) is 0.509. The average molecular weight is 562 g/mol. The highest BCUT2D eigenvalue weighted by atomic mass is 35.5. The van der Waals surface area contributed by atoms with E-state index >= 15 is 0 Å². The minimum absolute atomic E-state index is 0.0478. The van der Waals surface area contributed by atoms with Crippen molar-refractivity contribution in [3.8, 4) is 0 Å². The van der Waals surface area contributed by atoms with Gasteiger partial charge in [-0.3, -0.25) is 9.59 Å². The Morgan fingerprint density at radius 1 is 1.08 bits per heavy atom. The number of fused-ring (bicyclic) bond motifs is 3. The number of piperidine rings is 2. The average Bonchev–Trinajstić information content (AvgIpc) is 3.24. The van der Waals surface area contributed by atoms with Crippen LogP contribution in [0.5, 0.6) is 0 Å². The molecule has 0 unspecified atom stereocenters. The van der Waals surface area contributed by atoms with Crippen molar-refractivity contribution in [1.29, 1.82) is 0 Å². The van der Waals surface area contributed by atoms with Crippen LogP contribution in [0.4, 0.5) is 0 Å². The second kappa shape index (κ2) is 11.1. The minimum Gasteiger partial charge on any atom is -0.340 e. The molecule has 0 spiro atoms. The Balaban J connectivity index is 1.21. The lowest BCUT2D eigenvalue weighted by Crippen LogP contribution is -2.58. The van der Waals surface area contributed by atoms with E-state index in [-0.39, 0.29) is 16.7 Å². The predicted molar refractivity (Wildman–Crippen MR) is 147 cm³/mol. The Labute approximate surface area is 229 Å². The largest absolute Gasteiger partial charge is 0.340 e. The van der Waals surface area contributed by atoms with Crippen LogP contribution in [0.1, 0.15) is 19.8 Å². The fourth-order valence-electron chi connectivity index (χ4n) is 6.23. The van der Waals surface area contributed by atoms with E-state index < -0.39 is 22.1 Å². The van der Waals surface area contributed by atoms with Crippen molar-refractivity contribution >= 4 is 44.2 Å². The number of nitrogens with one attached hydrogen (secondary N) is 2. The molecule has 11 heteroatoms. The normalized spacial score (nSPS) is 25.2. The molecule has 2 aromatic rings. The lowest BCUT2D eigenvalue weighted by atomic mass is 9.84. The van der Waals surface area contributed by atoms with Gasteiger partial charge in [0.05, 0.1) is 4.90 Å². The van der Waals surface area contributed by atoms with Crippen molar-refractivity contribution < 1.29 is 18.0 Å². The molecule has 9 nitrogen and oxygen atoms in total. The summed E-state index contributed by atoms with van der Waals surface area (Å²) in [4.78, 5) is 32.7. The maximum Gasteiger partial charge on any atom is 0.245 e. The Morgan fingerprint density at radius 3 is 2.47 bits per heavy atom. The van der Waals surface area contributed by atoms with Crippen molar-refractivity contribution in [3.05, 3.63) is 41.4 Å². The second-order valence-electron chi connectivity index (χ2n) is 10.9. The third kappa shape index (κ3) is 5.70. The molecule has 0 aromatic heterocycles. The third-order valence-corrected chi connectivity index (χ3v) is 9.80. The van der Waals surface area contributed by atoms with Crippen molar-refractivity contribution in [2.75, 3.05) is 52.9 Å². The van der Waals surface area contributed by atoms with Gasteiger partial charge < -0.3 is 20.0 Å². The number of hydrogen-bond donors (Lipinski definition) is 2. The van der Waals surface area contributed by atoms with E-state index in [2.05, 4.69) is 14.9 Å². The van der Waals surface area contributed by atoms with Crippen LogP contribution < -0.4 is 10.0 Å². The number of sulfonamides is 1. The number of likely N-dealkylation sites (tertiary alicyclic amines) is 3. The van der Waals surface area contributed by atoms with Crippen molar-refractivity contribution in [2.24, 2.45) is 11.8 Å². The molecule has 2 amide bonds. The number of halogens is 1. The molecule has 0 saturated carbocycles. The highest BCUT2D eigenvalue weighted by Gasteiger charge is 2.42. The Morgan fingerprint density at radius 2 is 1.76 bits per heavy atom. The zero-order chi connectivity index (χ0) is 27.0. The number of amides is 2. The summed E-state index contributed by atoms with van der Waals surface area (Å²) >= 11 is 6.03. The summed E-state index contributed by atoms with van der Waals surface area (Å²) in [5, 5.41) is 5.35. The summed E-state index contributed by atoms with van der Waals surface area (Å²) < 4.78 is 28.8. The lowest BCUT2D eigenvalue weighted by molar-refractivity contribution is -0.146. The first-order chi connectivity index (χ1) is 18.1. The van der Waals surface area contributed by atoms with Gasteiger partial charge in [-0.05, 0) is 73.7 Å². The van der Waals surface area contributed by atoms with Crippen molar-refractivity contribution in [3.63, 3.8) is 0 Å². The zero-order valence-electron chi connectivity index (χ0n) is 21.9. The van der Waals surface area contributed by atoms with Crippen LogP contribution in [0.3, 0.4) is 0 Å². The number of likely N-dealkylation sites (N-methyl/N-ethyl adjacent to an activating group) is 1. The van der Waals surface area contributed by atoms with E-state index in [1.807, 2.05) is 11.9 Å². The first kappa shape index (κ1) is 27.3. The molecule has 2 N–H and O–H groups in total. The first-order valence-electron chi connectivity index (χ1n) is 13.3. The van der Waals surface area contributed by atoms with Gasteiger partial charge in [0, 0.05) is 50.8 Å². The summed E-state index contributed by atoms with van der Waals surface area (Å²) in [6, 6.07) is 8.52. The summed E-state index contributed by atoms with van der Waals surface area (Å²) in [6.07, 6.45) is 1.47. The van der Waals surface area contributed by atoms with Gasteiger partial charge in [-0.15, -0.1) is 0 Å². The Kier molecular flexibility index (Phi) is 7.98. The van der Waals surface area contributed by atoms with Gasteiger partial charge in [0.25, 0.3) is 0 Å². The fraction of sp³-hybridized carbons (Fsp3) is 0.556. The van der Waals surface area contributed by atoms with E-state index in [0.29, 0.717) is 42.9 Å². The first-order valence-corrected chi connectivity index (χ1v) is 15.2. The molecule has 3 heterocycles. The summed E-state index contributed by atoms with van der Waals surface area (Å²) in [7, 11) is -1.97. The standard InChI is InChI=1S/C27H36ClN5O4S/c1-18(26(34)32-16-19-11-20(17-32)15-31(14-19)10-8-29-2)33-9-7-25(27(33)35)30-38(36,37)24-6-4-21-12-23(28)5-3-22(21)13-24/h3-6,12-13,18-20,25,29-30H,7-11,14-17H2,1-2H3/t18-,19-,20+,25-/m0/s1. The van der Waals surface area contributed by atoms with Gasteiger partial charge in [-0.25, -0.2) is 8.42 Å². The smallest absolute Gasteiger partial charge is 0.245 e. The maximum absolute atomic E-state index is 13.4. The van der Waals surface area contributed by atoms with Gasteiger partial charge in [-0.1, -0.05) is 23.7 Å². The summed E-state index contributed by atoms with van der Waals surface area (Å²) in [5.41, 5.74) is 0. The fourth-order valence-corrected chi connectivity index (χ4v) is 7.67. The van der Waals surface area contributed by atoms with Gasteiger partial charge in [0.15, 0.2) is 0 Å². The van der Waals surface area contributed by atoms with Crippen LogP contribution in [-0.2, 0) is 19.6 Å². The Hall–Kier alpha value is -2.24. The van der Waals surface area contributed by atoms with Gasteiger partial charge in [0.1, 0.15) is 12.1 Å². The number of hydrogen-bond acceptors (Lipinski definition) is 6. The molecule has 4 atom stereocenters. The van der Waals surface area contributed by atoms with E-state index in [1.54, 1.807) is 37.3 Å². The summed E-state index contributed by atoms with van der Waals surface area (Å²) in [6.45, 7) is 7.47. The monoisotopic (exact) mass is 561 g/mol. The molecule has 38 heavy (non-hydrogen) atoms. The van der Waals surface area contributed by atoms with E-state index in [1.165, 1.54) is 11.0 Å². The molecular formula is C27H36ClN5O4S. The second-order valence-corrected chi connectivity index (χ2v) is 13.0. The lowest BCUT2D eigenvalue weighted by Gasteiger charge is -2.46. The minimum atomic E-state index is -3.93. The molecule has 3 fully saturated rings. The highest BCUT2D eigenvalue weighted by molar-refractivity contribution is 7.89. The van der Waals surface area contributed by atoms with Crippen LogP contribution in [-0.4, -0.2) is 99.9 Å². The molecule has 5 rings (SSSR count). The molecule has 0 aliphatic carbocycles. The molecule has 3 saturated heterocycles. The molecule has 206 valence electrons. The molecular weight excluding hydrogens is 526 g/mol. The van der Waals surface area contributed by atoms with Gasteiger partial charge >= 0.3 is 0 Å². The van der Waals surface area contributed by atoms with Crippen LogP contribution >= 0.6 is 11.6 Å². The topological polar surface area (TPSA) is 102 Å². The molecule has 3 aliphatic heterocycles. The predicted octanol–water partition coefficient (Wildman–Crippen LogP) is 1.76. The van der Waals surface area contributed by atoms with Crippen LogP contribution in [0, 0.1) is 11.8 Å². The molecule has 3 aliphatic rings. The van der Waals surface area contributed by atoms with Crippen LogP contribution in [0.25, 0.3) is 10.8 Å². The maximum atomic E-state index is 13.4. The number of rotatable bonds is 8. The molecule has 0 radical (unpaired) electrons. The van der Waals surface area contributed by atoms with Gasteiger partial charge in [0.2, 0.25) is 21.8 Å². The Bertz CT molecular complexity index is 1310. The van der Waals surface area contributed by atoms with Gasteiger partial charge in [-0.2, -0.15) is 4.72 Å². The van der Waals surface area contributed by atoms with Crippen molar-refractivity contribution in [1.82, 2.24) is 24.7 Å². The summed E-state index contributed by atoms with van der Waals surface area (Å²) in [5.74, 6) is 0.496. The third-order valence-electron chi connectivity index (χ3n) is 8.09. The van der Waals surface area contributed by atoms with Crippen LogP contribution in [0.2, 0.25) is 5.02 Å².